The second-order valence-corrected chi connectivity index (χ2v) is 7.51. The summed E-state index contributed by atoms with van der Waals surface area (Å²) in [7, 11) is 0. The van der Waals surface area contributed by atoms with Crippen molar-refractivity contribution in [2.24, 2.45) is 16.4 Å². The molecule has 1 heterocycles. The predicted octanol–water partition coefficient (Wildman–Crippen LogP) is 2.64. The Morgan fingerprint density at radius 2 is 2.14 bits per heavy atom. The standard InChI is InChI=1S/C15H30BN3O2/c1-12(6-7-16(5)18-21)10-14(20)19-9-8-17-11-13(19)15(2,3)4/h12-13,17H,6-11H2,1-5H3. The zero-order valence-corrected chi connectivity index (χ0v) is 14.2. The molecule has 2 unspecified atom stereocenters. The maximum atomic E-state index is 12.6. The number of nitroso groups, excluding NO2 is 1. The van der Waals surface area contributed by atoms with Crippen LogP contribution in [0.15, 0.2) is 5.09 Å². The average Bonchev–Trinajstić information content (AvgIpc) is 2.43. The summed E-state index contributed by atoms with van der Waals surface area (Å²) in [6.07, 6.45) is 2.21. The van der Waals surface area contributed by atoms with E-state index in [4.69, 9.17) is 0 Å². The van der Waals surface area contributed by atoms with E-state index in [0.717, 1.165) is 32.4 Å². The van der Waals surface area contributed by atoms with Gasteiger partial charge in [-0.3, -0.25) is 4.79 Å². The molecule has 0 aromatic carbocycles. The minimum Gasteiger partial charge on any atom is -0.337 e. The molecule has 6 heteroatoms. The molecule has 0 bridgehead atoms. The van der Waals surface area contributed by atoms with Crippen LogP contribution in [0.2, 0.25) is 13.1 Å². The highest BCUT2D eigenvalue weighted by Crippen LogP contribution is 2.27. The molecule has 0 spiro atoms. The third-order valence-corrected chi connectivity index (χ3v) is 4.34. The van der Waals surface area contributed by atoms with Crippen molar-refractivity contribution < 1.29 is 4.79 Å². The lowest BCUT2D eigenvalue weighted by atomic mass is 9.61. The predicted molar refractivity (Wildman–Crippen MR) is 88.4 cm³/mol. The van der Waals surface area contributed by atoms with E-state index < -0.39 is 0 Å². The molecule has 1 aliphatic rings. The average molecular weight is 295 g/mol. The number of carbonyl (C=O) groups excluding carboxylic acids is 1. The van der Waals surface area contributed by atoms with Crippen LogP contribution in [0.3, 0.4) is 0 Å². The largest absolute Gasteiger partial charge is 0.337 e. The first-order valence-corrected chi connectivity index (χ1v) is 8.08. The molecule has 5 nitrogen and oxygen atoms in total. The number of amides is 1. The number of nitrogens with zero attached hydrogens (tertiary/aromatic N) is 2. The first-order valence-electron chi connectivity index (χ1n) is 8.08. The van der Waals surface area contributed by atoms with Crippen molar-refractivity contribution in [1.82, 2.24) is 10.2 Å². The van der Waals surface area contributed by atoms with Gasteiger partial charge in [-0.05, 0) is 17.7 Å². The maximum Gasteiger partial charge on any atom is 0.334 e. The summed E-state index contributed by atoms with van der Waals surface area (Å²) in [6.45, 7) is 12.9. The van der Waals surface area contributed by atoms with E-state index in [2.05, 4.69) is 43.0 Å². The Morgan fingerprint density at radius 1 is 1.48 bits per heavy atom. The van der Waals surface area contributed by atoms with E-state index >= 15 is 0 Å². The van der Waals surface area contributed by atoms with Gasteiger partial charge < -0.3 is 10.2 Å². The summed E-state index contributed by atoms with van der Waals surface area (Å²) in [5.74, 6) is 0.549. The van der Waals surface area contributed by atoms with Gasteiger partial charge in [0.25, 0.3) is 0 Å². The number of hydrogen-bond acceptors (Lipinski definition) is 4. The first-order chi connectivity index (χ1) is 9.75. The highest BCUT2D eigenvalue weighted by Gasteiger charge is 2.35. The van der Waals surface area contributed by atoms with Gasteiger partial charge in [-0.25, -0.2) is 0 Å². The lowest BCUT2D eigenvalue weighted by Crippen LogP contribution is -2.58. The van der Waals surface area contributed by atoms with Crippen LogP contribution in [-0.2, 0) is 4.79 Å². The van der Waals surface area contributed by atoms with Gasteiger partial charge in [0.1, 0.15) is 0 Å². The molecule has 1 amide bonds. The fraction of sp³-hybridized carbons (Fsp3) is 0.933. The van der Waals surface area contributed by atoms with Crippen molar-refractivity contribution >= 4 is 12.8 Å². The number of hydrogen-bond donors (Lipinski definition) is 1. The van der Waals surface area contributed by atoms with Gasteiger partial charge in [0, 0.05) is 32.1 Å². The van der Waals surface area contributed by atoms with Crippen molar-refractivity contribution in [2.75, 3.05) is 19.6 Å². The Morgan fingerprint density at radius 3 is 2.71 bits per heavy atom. The molecule has 2 atom stereocenters. The Hall–Kier alpha value is -0.905. The quantitative estimate of drug-likeness (QED) is 0.605. The van der Waals surface area contributed by atoms with Gasteiger partial charge in [0.2, 0.25) is 5.91 Å². The second kappa shape index (κ2) is 7.92. The molecular formula is C15H30BN3O2. The Labute approximate surface area is 129 Å². The third kappa shape index (κ3) is 5.77. The zero-order chi connectivity index (χ0) is 16.0. The van der Waals surface area contributed by atoms with Crippen molar-refractivity contribution in [1.29, 1.82) is 0 Å². The van der Waals surface area contributed by atoms with Crippen LogP contribution in [0.5, 0.6) is 0 Å². The molecule has 1 fully saturated rings. The van der Waals surface area contributed by atoms with E-state index in [1.54, 1.807) is 0 Å². The van der Waals surface area contributed by atoms with Crippen LogP contribution in [0, 0.1) is 16.2 Å². The molecule has 1 rings (SSSR count). The lowest BCUT2D eigenvalue weighted by Gasteiger charge is -2.44. The van der Waals surface area contributed by atoms with Gasteiger partial charge >= 0.3 is 6.85 Å². The molecule has 120 valence electrons. The monoisotopic (exact) mass is 295 g/mol. The van der Waals surface area contributed by atoms with Crippen LogP contribution in [0.1, 0.15) is 40.5 Å². The van der Waals surface area contributed by atoms with Gasteiger partial charge in [-0.1, -0.05) is 40.9 Å². The minimum atomic E-state index is -0.149. The molecular weight excluding hydrogens is 265 g/mol. The van der Waals surface area contributed by atoms with Gasteiger partial charge in [0.05, 0.1) is 0 Å². The molecule has 0 aliphatic carbocycles. The van der Waals surface area contributed by atoms with Crippen LogP contribution in [-0.4, -0.2) is 43.3 Å². The highest BCUT2D eigenvalue weighted by molar-refractivity contribution is 6.55. The molecule has 0 radical (unpaired) electrons. The number of piperazine rings is 1. The second-order valence-electron chi connectivity index (χ2n) is 7.51. The molecule has 1 aliphatic heterocycles. The van der Waals surface area contributed by atoms with Crippen molar-refractivity contribution in [3.63, 3.8) is 0 Å². The van der Waals surface area contributed by atoms with Gasteiger partial charge in [-0.2, -0.15) is 4.91 Å². The Kier molecular flexibility index (Phi) is 6.84. The number of carbonyl (C=O) groups is 1. The summed E-state index contributed by atoms with van der Waals surface area (Å²) in [6, 6.07) is 0.251. The lowest BCUT2D eigenvalue weighted by molar-refractivity contribution is -0.138. The van der Waals surface area contributed by atoms with E-state index in [1.165, 1.54) is 0 Å². The fourth-order valence-corrected chi connectivity index (χ4v) is 2.87. The summed E-state index contributed by atoms with van der Waals surface area (Å²) in [5, 5.41) is 6.41. The van der Waals surface area contributed by atoms with E-state index in [-0.39, 0.29) is 24.2 Å². The van der Waals surface area contributed by atoms with Crippen LogP contribution in [0.4, 0.5) is 0 Å². The van der Waals surface area contributed by atoms with Crippen LogP contribution < -0.4 is 5.32 Å². The molecule has 1 saturated heterocycles. The van der Waals surface area contributed by atoms with E-state index in [1.807, 2.05) is 6.82 Å². The van der Waals surface area contributed by atoms with Crippen LogP contribution >= 0.6 is 0 Å². The molecule has 21 heavy (non-hydrogen) atoms. The highest BCUT2D eigenvalue weighted by atomic mass is 16.2. The van der Waals surface area contributed by atoms with E-state index in [9.17, 15) is 9.70 Å². The van der Waals surface area contributed by atoms with Crippen molar-refractivity contribution in [3.05, 3.63) is 4.91 Å². The molecule has 0 aromatic heterocycles. The summed E-state index contributed by atoms with van der Waals surface area (Å²) in [4.78, 5) is 25.1. The Bertz CT molecular complexity index is 357. The fourth-order valence-electron chi connectivity index (χ4n) is 2.87. The third-order valence-electron chi connectivity index (χ3n) is 4.34. The van der Waals surface area contributed by atoms with E-state index in [0.29, 0.717) is 12.3 Å². The SMILES string of the molecule is CB(CCC(C)CC(=O)N1CCNCC1C(C)(C)C)N=O. The normalized spacial score (nSPS) is 21.0. The minimum absolute atomic E-state index is 0.0856. The van der Waals surface area contributed by atoms with Gasteiger partial charge in [0.15, 0.2) is 0 Å². The molecule has 0 aromatic rings. The van der Waals surface area contributed by atoms with Crippen molar-refractivity contribution in [2.45, 2.75) is 59.7 Å². The summed E-state index contributed by atoms with van der Waals surface area (Å²) in [5.41, 5.74) is 0.0856. The molecule has 1 N–H and O–H groups in total. The zero-order valence-electron chi connectivity index (χ0n) is 14.2. The summed E-state index contributed by atoms with van der Waals surface area (Å²) >= 11 is 0. The summed E-state index contributed by atoms with van der Waals surface area (Å²) < 4.78 is 0. The van der Waals surface area contributed by atoms with Crippen LogP contribution in [0.25, 0.3) is 0 Å². The topological polar surface area (TPSA) is 61.8 Å². The maximum absolute atomic E-state index is 12.6. The molecule has 0 saturated carbocycles. The van der Waals surface area contributed by atoms with Gasteiger partial charge in [-0.15, -0.1) is 5.09 Å². The Balaban J connectivity index is 2.54. The number of nitrogens with one attached hydrogen (secondary N) is 1. The number of rotatable bonds is 6. The van der Waals surface area contributed by atoms with Crippen molar-refractivity contribution in [3.8, 4) is 0 Å². The first kappa shape index (κ1) is 18.1. The smallest absolute Gasteiger partial charge is 0.334 e.